The molecule has 2 atom stereocenters. The average Bonchev–Trinajstić information content (AvgIpc) is 3.20. The van der Waals surface area contributed by atoms with Crippen molar-refractivity contribution in [2.24, 2.45) is 5.92 Å². The fraction of sp³-hybridized carbons (Fsp3) is 0.857. The van der Waals surface area contributed by atoms with Gasteiger partial charge in [-0.2, -0.15) is 4.31 Å². The van der Waals surface area contributed by atoms with E-state index in [1.807, 2.05) is 4.57 Å². The predicted molar refractivity (Wildman–Crippen MR) is 81.1 cm³/mol. The molecule has 0 unspecified atom stereocenters. The highest BCUT2D eigenvalue weighted by Crippen LogP contribution is 2.37. The number of nitrogens with zero attached hydrogens (tertiary/aromatic N) is 4. The fourth-order valence-corrected chi connectivity index (χ4v) is 5.44. The van der Waals surface area contributed by atoms with Crippen molar-refractivity contribution in [3.63, 3.8) is 0 Å². The first kappa shape index (κ1) is 15.5. The summed E-state index contributed by atoms with van der Waals surface area (Å²) >= 11 is 0. The monoisotopic (exact) mass is 342 g/mol. The highest BCUT2D eigenvalue weighted by atomic mass is 32.2. The van der Waals surface area contributed by atoms with Crippen LogP contribution in [0.4, 0.5) is 0 Å². The van der Waals surface area contributed by atoms with E-state index in [9.17, 15) is 8.42 Å². The van der Waals surface area contributed by atoms with Crippen LogP contribution in [-0.2, 0) is 26.0 Å². The van der Waals surface area contributed by atoms with Crippen molar-refractivity contribution in [2.75, 3.05) is 32.9 Å². The lowest BCUT2D eigenvalue weighted by atomic mass is 9.94. The molecule has 1 aliphatic carbocycles. The molecule has 0 N–H and O–H groups in total. The second-order valence-corrected chi connectivity index (χ2v) is 9.07. The Balaban J connectivity index is 1.46. The molecule has 3 aliphatic rings. The lowest BCUT2D eigenvalue weighted by Crippen LogP contribution is -2.47. The number of sulfonamides is 1. The summed E-state index contributed by atoms with van der Waals surface area (Å²) in [5, 5.41) is 7.44. The lowest BCUT2D eigenvalue weighted by molar-refractivity contribution is -0.0512. The molecule has 128 valence electrons. The second-order valence-electron chi connectivity index (χ2n) is 6.85. The summed E-state index contributed by atoms with van der Waals surface area (Å²) in [5.74, 6) is 0.318. The van der Waals surface area contributed by atoms with Crippen LogP contribution in [-0.4, -0.2) is 71.2 Å². The van der Waals surface area contributed by atoms with Gasteiger partial charge in [-0.05, 0) is 19.3 Å². The Bertz CT molecular complexity index is 646. The number of hydrogen-bond acceptors (Lipinski definition) is 6. The van der Waals surface area contributed by atoms with Crippen LogP contribution in [0.15, 0.2) is 12.7 Å². The third-order valence-corrected chi connectivity index (χ3v) is 7.19. The maximum atomic E-state index is 12.6. The van der Waals surface area contributed by atoms with Crippen LogP contribution in [0.1, 0.15) is 19.3 Å². The molecule has 1 spiro atoms. The van der Waals surface area contributed by atoms with Gasteiger partial charge in [-0.1, -0.05) is 0 Å². The normalized spacial score (nSPS) is 33.1. The molecule has 23 heavy (non-hydrogen) atoms. The molecule has 4 rings (SSSR count). The third kappa shape index (κ3) is 3.15. The molecule has 0 bridgehead atoms. The van der Waals surface area contributed by atoms with Crippen molar-refractivity contribution in [1.29, 1.82) is 0 Å². The summed E-state index contributed by atoms with van der Waals surface area (Å²) in [4.78, 5) is 0. The first-order chi connectivity index (χ1) is 11.1. The minimum atomic E-state index is -3.19. The topological polar surface area (TPSA) is 86.6 Å². The van der Waals surface area contributed by atoms with Gasteiger partial charge >= 0.3 is 0 Å². The van der Waals surface area contributed by atoms with Gasteiger partial charge in [0, 0.05) is 25.6 Å². The Morgan fingerprint density at radius 1 is 1.26 bits per heavy atom. The summed E-state index contributed by atoms with van der Waals surface area (Å²) in [6.07, 6.45) is 5.74. The van der Waals surface area contributed by atoms with Gasteiger partial charge in [-0.3, -0.25) is 0 Å². The van der Waals surface area contributed by atoms with Gasteiger partial charge in [0.25, 0.3) is 0 Å². The minimum Gasteiger partial charge on any atom is -0.377 e. The standard InChI is InChI=1S/C14H22N4O4S/c19-23(20,13-1-2-13)18-3-4-21-9-14(8-18)5-12(7-22-14)6-17-10-15-16-11-17/h10-13H,1-9H2/t12-,14-/m1/s1. The Hall–Kier alpha value is -1.03. The zero-order valence-corrected chi connectivity index (χ0v) is 13.8. The molecule has 1 saturated carbocycles. The second kappa shape index (κ2) is 5.80. The minimum absolute atomic E-state index is 0.188. The van der Waals surface area contributed by atoms with E-state index in [1.54, 1.807) is 17.0 Å². The molecule has 1 aromatic rings. The van der Waals surface area contributed by atoms with Gasteiger partial charge in [-0.15, -0.1) is 10.2 Å². The molecule has 0 amide bonds. The van der Waals surface area contributed by atoms with Gasteiger partial charge < -0.3 is 14.0 Å². The summed E-state index contributed by atoms with van der Waals surface area (Å²) in [5.41, 5.74) is -0.517. The zero-order valence-electron chi connectivity index (χ0n) is 13.0. The number of hydrogen-bond donors (Lipinski definition) is 0. The van der Waals surface area contributed by atoms with Crippen LogP contribution in [0.5, 0.6) is 0 Å². The van der Waals surface area contributed by atoms with Gasteiger partial charge in [0.1, 0.15) is 18.3 Å². The Labute approximate surface area is 135 Å². The van der Waals surface area contributed by atoms with Crippen molar-refractivity contribution in [3.8, 4) is 0 Å². The molecule has 8 nitrogen and oxygen atoms in total. The van der Waals surface area contributed by atoms with E-state index >= 15 is 0 Å². The summed E-state index contributed by atoms with van der Waals surface area (Å²) in [7, 11) is -3.19. The molecule has 3 fully saturated rings. The molecule has 0 aromatic carbocycles. The van der Waals surface area contributed by atoms with Crippen LogP contribution in [0, 0.1) is 5.92 Å². The van der Waals surface area contributed by atoms with E-state index < -0.39 is 15.6 Å². The van der Waals surface area contributed by atoms with Crippen LogP contribution < -0.4 is 0 Å². The zero-order chi connectivity index (χ0) is 15.9. The molecular weight excluding hydrogens is 320 g/mol. The van der Waals surface area contributed by atoms with Crippen LogP contribution >= 0.6 is 0 Å². The third-order valence-electron chi connectivity index (χ3n) is 4.84. The van der Waals surface area contributed by atoms with E-state index in [1.165, 1.54) is 0 Å². The maximum absolute atomic E-state index is 12.6. The smallest absolute Gasteiger partial charge is 0.217 e. The quantitative estimate of drug-likeness (QED) is 0.758. The number of aromatic nitrogens is 3. The van der Waals surface area contributed by atoms with E-state index in [0.717, 1.165) is 25.8 Å². The van der Waals surface area contributed by atoms with Gasteiger partial charge in [0.05, 0.1) is 25.1 Å². The fourth-order valence-electron chi connectivity index (χ4n) is 3.55. The molecule has 9 heteroatoms. The summed E-state index contributed by atoms with van der Waals surface area (Å²) < 4.78 is 40.4. The molecule has 1 aromatic heterocycles. The van der Waals surface area contributed by atoms with Crippen molar-refractivity contribution >= 4 is 10.0 Å². The van der Waals surface area contributed by atoms with Crippen molar-refractivity contribution < 1.29 is 17.9 Å². The van der Waals surface area contributed by atoms with Gasteiger partial charge in [-0.25, -0.2) is 8.42 Å². The van der Waals surface area contributed by atoms with Crippen LogP contribution in [0.3, 0.4) is 0 Å². The highest BCUT2D eigenvalue weighted by Gasteiger charge is 2.48. The largest absolute Gasteiger partial charge is 0.377 e. The maximum Gasteiger partial charge on any atom is 0.217 e. The first-order valence-corrected chi connectivity index (χ1v) is 9.61. The molecule has 3 heterocycles. The molecule has 2 saturated heterocycles. The lowest BCUT2D eigenvalue weighted by Gasteiger charge is -2.30. The van der Waals surface area contributed by atoms with Crippen LogP contribution in [0.25, 0.3) is 0 Å². The van der Waals surface area contributed by atoms with E-state index in [4.69, 9.17) is 9.47 Å². The van der Waals surface area contributed by atoms with E-state index in [0.29, 0.717) is 38.8 Å². The van der Waals surface area contributed by atoms with Crippen LogP contribution in [0.2, 0.25) is 0 Å². The number of ether oxygens (including phenoxy) is 2. The predicted octanol–water partition coefficient (Wildman–Crippen LogP) is -0.122. The summed E-state index contributed by atoms with van der Waals surface area (Å²) in [6, 6.07) is 0. The van der Waals surface area contributed by atoms with Crippen molar-refractivity contribution in [2.45, 2.75) is 36.7 Å². The Morgan fingerprint density at radius 2 is 2.04 bits per heavy atom. The molecule has 2 aliphatic heterocycles. The summed E-state index contributed by atoms with van der Waals surface area (Å²) in [6.45, 7) is 3.13. The van der Waals surface area contributed by atoms with E-state index in [-0.39, 0.29) is 5.25 Å². The SMILES string of the molecule is O=S(=O)(C1CC1)N1CCOC[C@@]2(C[C@H](Cn3cnnc3)CO2)C1. The van der Waals surface area contributed by atoms with E-state index in [2.05, 4.69) is 10.2 Å². The van der Waals surface area contributed by atoms with Crippen molar-refractivity contribution in [3.05, 3.63) is 12.7 Å². The molecule has 0 radical (unpaired) electrons. The van der Waals surface area contributed by atoms with Gasteiger partial charge in [0.15, 0.2) is 0 Å². The Kier molecular flexibility index (Phi) is 3.91. The first-order valence-electron chi connectivity index (χ1n) is 8.11. The number of rotatable bonds is 4. The van der Waals surface area contributed by atoms with Gasteiger partial charge in [0.2, 0.25) is 10.0 Å². The average molecular weight is 342 g/mol. The Morgan fingerprint density at radius 3 is 2.78 bits per heavy atom. The molecular formula is C14H22N4O4S. The highest BCUT2D eigenvalue weighted by molar-refractivity contribution is 7.90. The van der Waals surface area contributed by atoms with Crippen molar-refractivity contribution in [1.82, 2.24) is 19.1 Å².